The fourth-order valence-electron chi connectivity index (χ4n) is 2.63. The fraction of sp³-hybridized carbons (Fsp3) is 0.333. The van der Waals surface area contributed by atoms with Crippen molar-refractivity contribution < 1.29 is 19.4 Å². The second kappa shape index (κ2) is 8.57. The molecule has 1 aliphatic heterocycles. The van der Waals surface area contributed by atoms with Crippen molar-refractivity contribution in [1.29, 1.82) is 0 Å². The van der Waals surface area contributed by atoms with Gasteiger partial charge in [0.15, 0.2) is 11.6 Å². The summed E-state index contributed by atoms with van der Waals surface area (Å²) in [5, 5.41) is 9.29. The number of phenolic OH excluding ortho intramolecular Hbond substituents is 1. The topological polar surface area (TPSA) is 63.6 Å². The van der Waals surface area contributed by atoms with Gasteiger partial charge in [-0.2, -0.15) is 0 Å². The number of ketones is 2. The van der Waals surface area contributed by atoms with E-state index in [0.717, 1.165) is 8.95 Å². The molecule has 1 aliphatic rings. The van der Waals surface area contributed by atoms with Gasteiger partial charge in [-0.05, 0) is 50.2 Å². The summed E-state index contributed by atoms with van der Waals surface area (Å²) < 4.78 is 7.53. The molecule has 0 amide bonds. The maximum atomic E-state index is 12.1. The molecule has 1 heterocycles. The Morgan fingerprint density at radius 1 is 1.15 bits per heavy atom. The highest BCUT2D eigenvalue weighted by Gasteiger charge is 2.39. The van der Waals surface area contributed by atoms with Gasteiger partial charge in [-0.1, -0.05) is 45.7 Å². The number of hydrogen-bond donors (Lipinski definition) is 1. The Hall–Kier alpha value is -1.66. The summed E-state index contributed by atoms with van der Waals surface area (Å²) in [5.41, 5.74) is 0.640. The Bertz CT molecular complexity index is 874. The minimum atomic E-state index is -0.419. The minimum Gasteiger partial charge on any atom is -0.507 e. The Kier molecular flexibility index (Phi) is 6.87. The first kappa shape index (κ1) is 21.6. The number of fused-ring (bicyclic) bond motifs is 1. The van der Waals surface area contributed by atoms with Crippen LogP contribution in [0.5, 0.6) is 11.5 Å². The first-order valence-electron chi connectivity index (χ1n) is 8.61. The number of hydrogen-bond acceptors (Lipinski definition) is 4. The van der Waals surface area contributed by atoms with Gasteiger partial charge >= 0.3 is 0 Å². The fourth-order valence-corrected chi connectivity index (χ4v) is 3.35. The lowest BCUT2D eigenvalue weighted by Crippen LogP contribution is -2.44. The standard InChI is InChI=1S/C12H13BrO2.C9H9BrO2/c1-7-11(14)9-6-8(13)4-5-10(9)15-12(7,2)3;1-2-8(11)7-5-6(10)3-4-9(7)12/h4-7H,1-3H3;3-5,12H,2H2,1H3. The first-order chi connectivity index (χ1) is 12.6. The zero-order valence-corrected chi connectivity index (χ0v) is 18.8. The molecular weight excluding hydrogens is 476 g/mol. The van der Waals surface area contributed by atoms with E-state index in [1.54, 1.807) is 19.1 Å². The van der Waals surface area contributed by atoms with E-state index in [9.17, 15) is 14.7 Å². The van der Waals surface area contributed by atoms with Crippen LogP contribution >= 0.6 is 31.9 Å². The van der Waals surface area contributed by atoms with Gasteiger partial charge in [0.1, 0.15) is 17.1 Å². The first-order valence-corrected chi connectivity index (χ1v) is 10.2. The molecule has 1 atom stereocenters. The number of benzene rings is 2. The number of Topliss-reactive ketones (excluding diaryl/α,β-unsaturated/α-hetero) is 2. The number of rotatable bonds is 2. The molecule has 4 nitrogen and oxygen atoms in total. The molecule has 27 heavy (non-hydrogen) atoms. The van der Waals surface area contributed by atoms with Gasteiger partial charge in [0.2, 0.25) is 0 Å². The van der Waals surface area contributed by atoms with E-state index in [-0.39, 0.29) is 23.2 Å². The van der Waals surface area contributed by atoms with Crippen molar-refractivity contribution in [2.45, 2.75) is 39.7 Å². The summed E-state index contributed by atoms with van der Waals surface area (Å²) in [4.78, 5) is 23.3. The van der Waals surface area contributed by atoms with E-state index in [1.807, 2.05) is 39.0 Å². The van der Waals surface area contributed by atoms with Gasteiger partial charge in [-0.25, -0.2) is 0 Å². The molecule has 0 spiro atoms. The highest BCUT2D eigenvalue weighted by Crippen LogP contribution is 2.37. The normalized spacial score (nSPS) is 17.3. The van der Waals surface area contributed by atoms with Gasteiger partial charge in [-0.15, -0.1) is 0 Å². The Morgan fingerprint density at radius 2 is 1.74 bits per heavy atom. The molecule has 0 fully saturated rings. The lowest BCUT2D eigenvalue weighted by atomic mass is 9.83. The molecular formula is C21H22Br2O4. The van der Waals surface area contributed by atoms with Gasteiger partial charge in [-0.3, -0.25) is 9.59 Å². The highest BCUT2D eigenvalue weighted by molar-refractivity contribution is 9.10. The summed E-state index contributed by atoms with van der Waals surface area (Å²) in [5.74, 6) is 0.729. The van der Waals surface area contributed by atoms with Crippen LogP contribution in [0, 0.1) is 5.92 Å². The van der Waals surface area contributed by atoms with Crippen molar-refractivity contribution in [3.05, 3.63) is 56.5 Å². The lowest BCUT2D eigenvalue weighted by molar-refractivity contribution is 0.0319. The van der Waals surface area contributed by atoms with Crippen molar-refractivity contribution in [2.75, 3.05) is 0 Å². The average Bonchev–Trinajstić information content (AvgIpc) is 2.62. The molecule has 2 aromatic carbocycles. The molecule has 0 saturated carbocycles. The summed E-state index contributed by atoms with van der Waals surface area (Å²) in [7, 11) is 0. The minimum absolute atomic E-state index is 0.0463. The maximum Gasteiger partial charge on any atom is 0.173 e. The predicted octanol–water partition coefficient (Wildman–Crippen LogP) is 6.19. The smallest absolute Gasteiger partial charge is 0.173 e. The largest absolute Gasteiger partial charge is 0.507 e. The Morgan fingerprint density at radius 3 is 2.37 bits per heavy atom. The molecule has 3 rings (SSSR count). The van der Waals surface area contributed by atoms with Crippen LogP contribution in [0.3, 0.4) is 0 Å². The van der Waals surface area contributed by atoms with Crippen LogP contribution in [0.2, 0.25) is 0 Å². The van der Waals surface area contributed by atoms with Crippen molar-refractivity contribution in [3.63, 3.8) is 0 Å². The van der Waals surface area contributed by atoms with Gasteiger partial charge in [0.25, 0.3) is 0 Å². The number of ether oxygens (including phenoxy) is 1. The third-order valence-corrected chi connectivity index (χ3v) is 5.58. The zero-order valence-electron chi connectivity index (χ0n) is 15.7. The molecule has 1 unspecified atom stereocenters. The molecule has 6 heteroatoms. The Balaban J connectivity index is 0.000000199. The van der Waals surface area contributed by atoms with E-state index >= 15 is 0 Å². The van der Waals surface area contributed by atoms with Gasteiger partial charge in [0.05, 0.1) is 17.0 Å². The molecule has 0 radical (unpaired) electrons. The molecule has 2 aromatic rings. The van der Waals surface area contributed by atoms with E-state index in [2.05, 4.69) is 31.9 Å². The van der Waals surface area contributed by atoms with E-state index in [1.165, 1.54) is 6.07 Å². The summed E-state index contributed by atoms with van der Waals surface area (Å²) in [6, 6.07) is 10.4. The summed E-state index contributed by atoms with van der Waals surface area (Å²) >= 11 is 6.59. The maximum absolute atomic E-state index is 12.1. The van der Waals surface area contributed by atoms with E-state index < -0.39 is 5.60 Å². The van der Waals surface area contributed by atoms with Crippen LogP contribution in [0.1, 0.15) is 54.8 Å². The number of halogens is 2. The van der Waals surface area contributed by atoms with Gasteiger partial charge in [0, 0.05) is 15.4 Å². The molecule has 0 saturated heterocycles. The number of carbonyl (C=O) groups is 2. The monoisotopic (exact) mass is 496 g/mol. The third-order valence-electron chi connectivity index (χ3n) is 4.60. The van der Waals surface area contributed by atoms with Crippen LogP contribution in [-0.4, -0.2) is 22.3 Å². The summed E-state index contributed by atoms with van der Waals surface area (Å²) in [6.45, 7) is 7.57. The quantitative estimate of drug-likeness (QED) is 0.502. The predicted molar refractivity (Wildman–Crippen MR) is 113 cm³/mol. The van der Waals surface area contributed by atoms with Crippen LogP contribution in [-0.2, 0) is 0 Å². The molecule has 0 aliphatic carbocycles. The number of carbonyl (C=O) groups excluding carboxylic acids is 2. The Labute approximate surface area is 176 Å². The molecule has 144 valence electrons. The van der Waals surface area contributed by atoms with Crippen molar-refractivity contribution in [3.8, 4) is 11.5 Å². The number of aromatic hydroxyl groups is 1. The average molecular weight is 498 g/mol. The summed E-state index contributed by atoms with van der Waals surface area (Å²) in [6.07, 6.45) is 0.407. The highest BCUT2D eigenvalue weighted by atomic mass is 79.9. The van der Waals surface area contributed by atoms with Crippen LogP contribution in [0.4, 0.5) is 0 Å². The third kappa shape index (κ3) is 4.99. The van der Waals surface area contributed by atoms with Crippen molar-refractivity contribution in [1.82, 2.24) is 0 Å². The molecule has 1 N–H and O–H groups in total. The van der Waals surface area contributed by atoms with Crippen molar-refractivity contribution >= 4 is 43.4 Å². The molecule has 0 aromatic heterocycles. The lowest BCUT2D eigenvalue weighted by Gasteiger charge is -2.37. The van der Waals surface area contributed by atoms with E-state index in [4.69, 9.17) is 4.74 Å². The second-order valence-electron chi connectivity index (χ2n) is 6.87. The zero-order chi connectivity index (χ0) is 20.4. The van der Waals surface area contributed by atoms with E-state index in [0.29, 0.717) is 23.3 Å². The SMILES string of the molecule is CC1C(=O)c2cc(Br)ccc2OC1(C)C.CCC(=O)c1cc(Br)ccc1O. The van der Waals surface area contributed by atoms with Crippen molar-refractivity contribution in [2.24, 2.45) is 5.92 Å². The number of phenols is 1. The molecule has 0 bridgehead atoms. The van der Waals surface area contributed by atoms with Gasteiger partial charge < -0.3 is 9.84 Å². The van der Waals surface area contributed by atoms with Crippen LogP contribution < -0.4 is 4.74 Å². The van der Waals surface area contributed by atoms with Crippen LogP contribution in [0.15, 0.2) is 45.3 Å². The van der Waals surface area contributed by atoms with Crippen LogP contribution in [0.25, 0.3) is 0 Å². The second-order valence-corrected chi connectivity index (χ2v) is 8.70.